The molecule has 142 valence electrons. The molecule has 1 aliphatic carbocycles. The topological polar surface area (TPSA) is 49.3 Å². The van der Waals surface area contributed by atoms with Crippen molar-refractivity contribution in [1.82, 2.24) is 14.9 Å². The Labute approximate surface area is 157 Å². The molecule has 5 nitrogen and oxygen atoms in total. The van der Waals surface area contributed by atoms with Crippen molar-refractivity contribution in [1.29, 1.82) is 0 Å². The Bertz CT molecular complexity index is 805. The van der Waals surface area contributed by atoms with Gasteiger partial charge >= 0.3 is 0 Å². The highest BCUT2D eigenvalue weighted by Gasteiger charge is 2.37. The van der Waals surface area contributed by atoms with Crippen LogP contribution >= 0.6 is 0 Å². The highest BCUT2D eigenvalue weighted by molar-refractivity contribution is 5.80. The molecule has 4 rings (SSSR count). The smallest absolute Gasteiger partial charge is 0.226 e. The first-order valence-corrected chi connectivity index (χ1v) is 9.37. The lowest BCUT2D eigenvalue weighted by Gasteiger charge is -2.35. The van der Waals surface area contributed by atoms with Gasteiger partial charge in [-0.15, -0.1) is 0 Å². The van der Waals surface area contributed by atoms with E-state index in [0.717, 1.165) is 50.7 Å². The van der Waals surface area contributed by atoms with Crippen molar-refractivity contribution in [2.75, 3.05) is 18.0 Å². The zero-order chi connectivity index (χ0) is 18.8. The number of benzene rings is 1. The molecule has 1 amide bonds. The Morgan fingerprint density at radius 3 is 2.56 bits per heavy atom. The van der Waals surface area contributed by atoms with Crippen molar-refractivity contribution in [2.45, 2.75) is 38.3 Å². The number of hydrogen-bond acceptors (Lipinski definition) is 4. The molecule has 1 saturated heterocycles. The first kappa shape index (κ1) is 17.8. The molecule has 2 aromatic rings. The first-order valence-electron chi connectivity index (χ1n) is 9.37. The number of rotatable bonds is 5. The fraction of sp³-hybridized carbons (Fsp3) is 0.450. The number of aromatic nitrogens is 2. The average molecular weight is 372 g/mol. The Morgan fingerprint density at radius 1 is 1.15 bits per heavy atom. The highest BCUT2D eigenvalue weighted by Crippen LogP contribution is 2.32. The predicted molar refractivity (Wildman–Crippen MR) is 96.9 cm³/mol. The van der Waals surface area contributed by atoms with Crippen molar-refractivity contribution in [2.24, 2.45) is 5.92 Å². The van der Waals surface area contributed by atoms with E-state index in [2.05, 4.69) is 14.9 Å². The van der Waals surface area contributed by atoms with Crippen LogP contribution in [0, 0.1) is 17.6 Å². The van der Waals surface area contributed by atoms with E-state index >= 15 is 0 Å². The van der Waals surface area contributed by atoms with Crippen molar-refractivity contribution in [3.8, 4) is 0 Å². The first-order chi connectivity index (χ1) is 13.1. The van der Waals surface area contributed by atoms with Gasteiger partial charge in [0.25, 0.3) is 0 Å². The molecule has 0 unspecified atom stereocenters. The minimum absolute atomic E-state index is 0.0676. The van der Waals surface area contributed by atoms with Crippen LogP contribution in [0.1, 0.15) is 31.2 Å². The van der Waals surface area contributed by atoms with Gasteiger partial charge in [0, 0.05) is 55.6 Å². The Kier molecular flexibility index (Phi) is 5.01. The molecule has 1 aliphatic heterocycles. The van der Waals surface area contributed by atoms with E-state index < -0.39 is 11.6 Å². The van der Waals surface area contributed by atoms with E-state index in [0.29, 0.717) is 5.56 Å². The molecular formula is C20H22F2N4O. The Morgan fingerprint density at radius 2 is 1.93 bits per heavy atom. The average Bonchev–Trinajstić information content (AvgIpc) is 3.53. The van der Waals surface area contributed by atoms with Crippen LogP contribution in [-0.4, -0.2) is 39.9 Å². The number of anilines is 1. The molecule has 0 spiro atoms. The largest absolute Gasteiger partial charge is 0.355 e. The molecule has 1 saturated carbocycles. The van der Waals surface area contributed by atoms with Gasteiger partial charge in [0.15, 0.2) is 0 Å². The minimum Gasteiger partial charge on any atom is -0.355 e. The molecule has 0 N–H and O–H groups in total. The van der Waals surface area contributed by atoms with E-state index in [1.54, 1.807) is 23.5 Å². The van der Waals surface area contributed by atoms with Crippen LogP contribution in [0.2, 0.25) is 0 Å². The second-order valence-corrected chi connectivity index (χ2v) is 7.26. The predicted octanol–water partition coefficient (Wildman–Crippen LogP) is 3.16. The standard InChI is InChI=1S/C20H22F2N4O/c21-16-2-1-15(18(22)11-16)13-26(17-3-4-17)20(27)14-5-9-25(10-6-14)19-12-23-7-8-24-19/h1-2,7-8,11-12,14,17H,3-6,9-10,13H2. The fourth-order valence-corrected chi connectivity index (χ4v) is 3.65. The van der Waals surface area contributed by atoms with Crippen LogP contribution in [0.3, 0.4) is 0 Å². The molecule has 0 bridgehead atoms. The van der Waals surface area contributed by atoms with Gasteiger partial charge in [-0.3, -0.25) is 9.78 Å². The number of carbonyl (C=O) groups excluding carboxylic acids is 1. The summed E-state index contributed by atoms with van der Waals surface area (Å²) in [6.07, 6.45) is 8.42. The molecule has 2 fully saturated rings. The molecule has 2 aliphatic rings. The van der Waals surface area contributed by atoms with Crippen LogP contribution in [0.5, 0.6) is 0 Å². The molecular weight excluding hydrogens is 350 g/mol. The minimum atomic E-state index is -0.600. The summed E-state index contributed by atoms with van der Waals surface area (Å²) in [5, 5.41) is 0. The second kappa shape index (κ2) is 7.58. The van der Waals surface area contributed by atoms with Crippen molar-refractivity contribution in [3.63, 3.8) is 0 Å². The molecule has 2 heterocycles. The molecule has 0 radical (unpaired) electrons. The van der Waals surface area contributed by atoms with Gasteiger partial charge in [-0.2, -0.15) is 0 Å². The summed E-state index contributed by atoms with van der Waals surface area (Å²) in [6, 6.07) is 3.74. The monoisotopic (exact) mass is 372 g/mol. The summed E-state index contributed by atoms with van der Waals surface area (Å²) in [7, 11) is 0. The van der Waals surface area contributed by atoms with Gasteiger partial charge in [-0.25, -0.2) is 13.8 Å². The van der Waals surface area contributed by atoms with Gasteiger partial charge in [-0.1, -0.05) is 6.07 Å². The van der Waals surface area contributed by atoms with Gasteiger partial charge in [-0.05, 0) is 31.7 Å². The summed E-state index contributed by atoms with van der Waals surface area (Å²) in [5.74, 6) is -0.347. The SMILES string of the molecule is O=C(C1CCN(c2cnccn2)CC1)N(Cc1ccc(F)cc1F)C1CC1. The summed E-state index contributed by atoms with van der Waals surface area (Å²) < 4.78 is 27.2. The lowest BCUT2D eigenvalue weighted by molar-refractivity contribution is -0.137. The van der Waals surface area contributed by atoms with Crippen LogP contribution < -0.4 is 4.90 Å². The molecule has 27 heavy (non-hydrogen) atoms. The van der Waals surface area contributed by atoms with Gasteiger partial charge in [0.2, 0.25) is 5.91 Å². The van der Waals surface area contributed by atoms with E-state index in [1.807, 2.05) is 0 Å². The number of piperidine rings is 1. The van der Waals surface area contributed by atoms with Crippen LogP contribution in [0.25, 0.3) is 0 Å². The normalized spacial score (nSPS) is 17.8. The molecule has 0 atom stereocenters. The molecule has 1 aromatic heterocycles. The molecule has 7 heteroatoms. The third-order valence-electron chi connectivity index (χ3n) is 5.34. The van der Waals surface area contributed by atoms with Crippen LogP contribution in [-0.2, 0) is 11.3 Å². The number of carbonyl (C=O) groups is 1. The number of hydrogen-bond donors (Lipinski definition) is 0. The van der Waals surface area contributed by atoms with E-state index in [9.17, 15) is 13.6 Å². The lowest BCUT2D eigenvalue weighted by Crippen LogP contribution is -2.43. The summed E-state index contributed by atoms with van der Waals surface area (Å²) in [6.45, 7) is 1.71. The summed E-state index contributed by atoms with van der Waals surface area (Å²) in [4.78, 5) is 25.4. The number of halogens is 2. The Hall–Kier alpha value is -2.57. The third-order valence-corrected chi connectivity index (χ3v) is 5.34. The van der Waals surface area contributed by atoms with E-state index in [1.165, 1.54) is 12.1 Å². The number of nitrogens with zero attached hydrogens (tertiary/aromatic N) is 4. The molecule has 1 aromatic carbocycles. The van der Waals surface area contributed by atoms with Gasteiger partial charge < -0.3 is 9.80 Å². The highest BCUT2D eigenvalue weighted by atomic mass is 19.1. The quantitative estimate of drug-likeness (QED) is 0.809. The van der Waals surface area contributed by atoms with Gasteiger partial charge in [0.05, 0.1) is 6.20 Å². The van der Waals surface area contributed by atoms with E-state index in [-0.39, 0.29) is 24.4 Å². The maximum atomic E-state index is 14.0. The zero-order valence-electron chi connectivity index (χ0n) is 15.0. The maximum Gasteiger partial charge on any atom is 0.226 e. The summed E-state index contributed by atoms with van der Waals surface area (Å²) in [5.41, 5.74) is 0.369. The van der Waals surface area contributed by atoms with Crippen molar-refractivity contribution in [3.05, 3.63) is 54.0 Å². The van der Waals surface area contributed by atoms with Crippen LogP contribution in [0.15, 0.2) is 36.8 Å². The third kappa shape index (κ3) is 4.07. The van der Waals surface area contributed by atoms with Gasteiger partial charge in [0.1, 0.15) is 17.5 Å². The van der Waals surface area contributed by atoms with Crippen LogP contribution in [0.4, 0.5) is 14.6 Å². The fourth-order valence-electron chi connectivity index (χ4n) is 3.65. The number of amides is 1. The lowest BCUT2D eigenvalue weighted by atomic mass is 9.95. The Balaban J connectivity index is 1.41. The van der Waals surface area contributed by atoms with Crippen molar-refractivity contribution >= 4 is 11.7 Å². The zero-order valence-corrected chi connectivity index (χ0v) is 15.0. The maximum absolute atomic E-state index is 14.0. The summed E-state index contributed by atoms with van der Waals surface area (Å²) >= 11 is 0. The van der Waals surface area contributed by atoms with Crippen molar-refractivity contribution < 1.29 is 13.6 Å². The van der Waals surface area contributed by atoms with E-state index in [4.69, 9.17) is 0 Å². The second-order valence-electron chi connectivity index (χ2n) is 7.26.